The fourth-order valence-electron chi connectivity index (χ4n) is 6.57. The molecular weight excluding hydrogens is 620 g/mol. The van der Waals surface area contributed by atoms with E-state index in [9.17, 15) is 15.0 Å². The van der Waals surface area contributed by atoms with Gasteiger partial charge in [-0.2, -0.15) is 0 Å². The average molecular weight is 687 g/mol. The smallest absolute Gasteiger partial charge is 0.333 e. The molecule has 50 heavy (non-hydrogen) atoms. The molecule has 0 amide bonds. The first-order valence-electron chi connectivity index (χ1n) is 18.9. The minimum Gasteiger partial charge on any atom is -0.494 e. The van der Waals surface area contributed by atoms with Crippen LogP contribution >= 0.6 is 0 Å². The fourth-order valence-corrected chi connectivity index (χ4v) is 6.57. The van der Waals surface area contributed by atoms with Gasteiger partial charge in [0.05, 0.1) is 26.4 Å². The largest absolute Gasteiger partial charge is 0.494 e. The van der Waals surface area contributed by atoms with Crippen molar-refractivity contribution in [2.45, 2.75) is 117 Å². The van der Waals surface area contributed by atoms with Gasteiger partial charge in [0, 0.05) is 11.0 Å². The molecule has 0 radical (unpaired) electrons. The van der Waals surface area contributed by atoms with Crippen molar-refractivity contribution < 1.29 is 24.5 Å². The summed E-state index contributed by atoms with van der Waals surface area (Å²) >= 11 is 0. The van der Waals surface area contributed by atoms with Gasteiger partial charge in [0.15, 0.2) is 0 Å². The number of unbranched alkanes of at least 4 members (excludes halogenated alkanes) is 2. The van der Waals surface area contributed by atoms with Crippen molar-refractivity contribution in [3.05, 3.63) is 114 Å². The Labute approximate surface area is 304 Å². The van der Waals surface area contributed by atoms with E-state index >= 15 is 0 Å². The summed E-state index contributed by atoms with van der Waals surface area (Å²) in [5, 5.41) is 19.7. The molecule has 5 heteroatoms. The Kier molecular flexibility index (Phi) is 19.2. The van der Waals surface area contributed by atoms with Crippen molar-refractivity contribution in [1.82, 2.24) is 0 Å². The van der Waals surface area contributed by atoms with E-state index in [0.29, 0.717) is 49.5 Å². The predicted molar refractivity (Wildman–Crippen MR) is 211 cm³/mol. The Morgan fingerprint density at radius 2 is 1.52 bits per heavy atom. The molecular formula is C45H66O5. The van der Waals surface area contributed by atoms with Crippen LogP contribution in [0.1, 0.15) is 128 Å². The molecule has 1 aromatic carbocycles. The minimum absolute atomic E-state index is 0.120. The van der Waals surface area contributed by atoms with Crippen LogP contribution in [0.5, 0.6) is 0 Å². The molecule has 0 saturated heterocycles. The third-order valence-electron chi connectivity index (χ3n) is 10.5. The van der Waals surface area contributed by atoms with Gasteiger partial charge in [0.2, 0.25) is 0 Å². The quantitative estimate of drug-likeness (QED) is 0.0372. The number of carbonyl (C=O) groups excluding carboxylic acids is 1. The predicted octanol–water partition coefficient (Wildman–Crippen LogP) is 11.1. The summed E-state index contributed by atoms with van der Waals surface area (Å²) in [5.41, 5.74) is 6.64. The number of hydrogen-bond acceptors (Lipinski definition) is 5. The number of carbonyl (C=O) groups is 1. The normalized spacial score (nSPS) is 16.8. The lowest BCUT2D eigenvalue weighted by atomic mass is 9.77. The number of esters is 1. The lowest BCUT2D eigenvalue weighted by molar-refractivity contribution is -0.139. The molecule has 5 nitrogen and oxygen atoms in total. The van der Waals surface area contributed by atoms with Gasteiger partial charge in [-0.3, -0.25) is 0 Å². The van der Waals surface area contributed by atoms with Crippen LogP contribution in [0.4, 0.5) is 0 Å². The van der Waals surface area contributed by atoms with Gasteiger partial charge in [0.25, 0.3) is 0 Å². The highest BCUT2D eigenvalue weighted by atomic mass is 16.5. The van der Waals surface area contributed by atoms with E-state index < -0.39 is 11.4 Å². The number of rotatable bonds is 24. The van der Waals surface area contributed by atoms with Crippen LogP contribution in [0.3, 0.4) is 0 Å². The van der Waals surface area contributed by atoms with E-state index in [4.69, 9.17) is 9.47 Å². The van der Waals surface area contributed by atoms with Crippen molar-refractivity contribution in [2.75, 3.05) is 26.4 Å². The molecule has 276 valence electrons. The monoisotopic (exact) mass is 686 g/mol. The minimum atomic E-state index is -0.602. The van der Waals surface area contributed by atoms with Crippen molar-refractivity contribution in [1.29, 1.82) is 0 Å². The maximum absolute atomic E-state index is 11.9. The summed E-state index contributed by atoms with van der Waals surface area (Å²) in [6.07, 6.45) is 17.7. The Morgan fingerprint density at radius 3 is 2.08 bits per heavy atom. The second kappa shape index (κ2) is 22.4. The zero-order valence-electron chi connectivity index (χ0n) is 31.8. The van der Waals surface area contributed by atoms with Gasteiger partial charge in [0.1, 0.15) is 5.76 Å². The molecule has 1 saturated carbocycles. The second-order valence-electron chi connectivity index (χ2n) is 14.3. The lowest BCUT2D eigenvalue weighted by Crippen LogP contribution is -2.30. The first kappa shape index (κ1) is 42.8. The van der Waals surface area contributed by atoms with Crippen LogP contribution in [0.15, 0.2) is 103 Å². The van der Waals surface area contributed by atoms with Gasteiger partial charge < -0.3 is 19.7 Å². The average Bonchev–Trinajstić information content (AvgIpc) is 3.13. The van der Waals surface area contributed by atoms with Crippen molar-refractivity contribution in [3.8, 4) is 0 Å². The van der Waals surface area contributed by atoms with Crippen molar-refractivity contribution >= 4 is 11.5 Å². The summed E-state index contributed by atoms with van der Waals surface area (Å²) in [6.45, 7) is 29.2. The first-order valence-corrected chi connectivity index (χ1v) is 18.9. The third kappa shape index (κ3) is 13.7. The summed E-state index contributed by atoms with van der Waals surface area (Å²) in [4.78, 5) is 11.9. The maximum atomic E-state index is 11.9. The van der Waals surface area contributed by atoms with E-state index in [0.717, 1.165) is 45.8 Å². The molecule has 1 fully saturated rings. The summed E-state index contributed by atoms with van der Waals surface area (Å²) in [7, 11) is 0. The van der Waals surface area contributed by atoms with E-state index in [1.807, 2.05) is 13.0 Å². The number of aliphatic hydroxyl groups excluding tert-OH is 2. The molecule has 2 N–H and O–H groups in total. The Morgan fingerprint density at radius 1 is 0.860 bits per heavy atom. The van der Waals surface area contributed by atoms with Gasteiger partial charge in [-0.05, 0) is 122 Å². The molecule has 1 aliphatic rings. The van der Waals surface area contributed by atoms with Crippen molar-refractivity contribution in [2.24, 2.45) is 11.3 Å². The van der Waals surface area contributed by atoms with E-state index in [1.165, 1.54) is 56.9 Å². The molecule has 2 rings (SSSR count). The van der Waals surface area contributed by atoms with Gasteiger partial charge in [-0.25, -0.2) is 4.79 Å². The molecule has 0 aromatic heterocycles. The molecule has 0 aliphatic heterocycles. The molecule has 0 heterocycles. The second-order valence-corrected chi connectivity index (χ2v) is 14.3. The van der Waals surface area contributed by atoms with Crippen LogP contribution in [-0.4, -0.2) is 42.6 Å². The standard InChI is InChI=1S/C45H66O5/c1-10-13-14-16-38-18-20-41(21-19-38)42-24-22-40(23-25-42)35(7)30-39(11-2)36(8)34(6)29-43(17-15-27-50-44(48)33(4)5)37(9)49-28-26-45(12-3,31-46)32-47/h22-25,29-30,38,41,46-47H,4,6-21,26-28,31-32H2,1-3,5H3/b39-30-,43-29-. The third-order valence-corrected chi connectivity index (χ3v) is 10.5. The maximum Gasteiger partial charge on any atom is 0.333 e. The van der Waals surface area contributed by atoms with E-state index in [-0.39, 0.29) is 19.8 Å². The molecule has 1 aromatic rings. The molecule has 0 unspecified atom stereocenters. The Balaban J connectivity index is 2.13. The van der Waals surface area contributed by atoms with E-state index in [2.05, 4.69) is 77.1 Å². The summed E-state index contributed by atoms with van der Waals surface area (Å²) < 4.78 is 11.4. The highest BCUT2D eigenvalue weighted by Crippen LogP contribution is 2.38. The number of aliphatic hydroxyl groups is 2. The van der Waals surface area contributed by atoms with Gasteiger partial charge in [-0.15, -0.1) is 0 Å². The van der Waals surface area contributed by atoms with Crippen molar-refractivity contribution in [3.63, 3.8) is 0 Å². The van der Waals surface area contributed by atoms with Gasteiger partial charge in [-0.1, -0.05) is 110 Å². The Bertz CT molecular complexity index is 1340. The zero-order chi connectivity index (χ0) is 37.1. The number of benzene rings is 1. The number of hydrogen-bond donors (Lipinski definition) is 2. The first-order chi connectivity index (χ1) is 23.9. The highest BCUT2D eigenvalue weighted by molar-refractivity contribution is 5.86. The SMILES string of the molecule is C=C(C)C(=O)OCCC/C(=C/C(=C)C(=C)/C(=C\C(=C)c1ccc(C2CCC(CCCCC)CC2)cc1)CC)C(=C)OCCC(CC)(CO)CO. The van der Waals surface area contributed by atoms with Crippen LogP contribution < -0.4 is 0 Å². The molecule has 0 spiro atoms. The summed E-state index contributed by atoms with van der Waals surface area (Å²) in [5.74, 6) is 1.62. The lowest BCUT2D eigenvalue weighted by Gasteiger charge is -2.29. The molecule has 0 atom stereocenters. The van der Waals surface area contributed by atoms with Crippen LogP contribution in [-0.2, 0) is 14.3 Å². The van der Waals surface area contributed by atoms with Crippen LogP contribution in [0.2, 0.25) is 0 Å². The summed E-state index contributed by atoms with van der Waals surface area (Å²) in [6, 6.07) is 8.98. The number of ether oxygens (including phenoxy) is 2. The fraction of sp³-hybridized carbons (Fsp3) is 0.533. The number of allylic oxidation sites excluding steroid dienone is 7. The van der Waals surface area contributed by atoms with Gasteiger partial charge >= 0.3 is 5.97 Å². The topological polar surface area (TPSA) is 76.0 Å². The molecule has 1 aliphatic carbocycles. The van der Waals surface area contributed by atoms with E-state index in [1.54, 1.807) is 6.92 Å². The molecule has 0 bridgehead atoms. The zero-order valence-corrected chi connectivity index (χ0v) is 31.8. The Hall–Kier alpha value is -3.41. The van der Waals surface area contributed by atoms with Crippen LogP contribution in [0, 0.1) is 11.3 Å². The highest BCUT2D eigenvalue weighted by Gasteiger charge is 2.27. The van der Waals surface area contributed by atoms with Crippen LogP contribution in [0.25, 0.3) is 5.57 Å².